The van der Waals surface area contributed by atoms with Crippen LogP contribution in [0.3, 0.4) is 0 Å². The number of aliphatic hydroxyl groups is 1. The molecule has 0 aromatic rings. The quantitative estimate of drug-likeness (QED) is 0.172. The van der Waals surface area contributed by atoms with Crippen LogP contribution >= 0.6 is 0 Å². The number of hydrogen-bond acceptors (Lipinski definition) is 7. The lowest BCUT2D eigenvalue weighted by Gasteiger charge is -2.23. The van der Waals surface area contributed by atoms with Gasteiger partial charge in [0.05, 0.1) is 12.6 Å². The Hall–Kier alpha value is -2.73. The van der Waals surface area contributed by atoms with Gasteiger partial charge in [-0.15, -0.1) is 0 Å². The number of carboxylic acids is 2. The average Bonchev–Trinajstić information content (AvgIpc) is 2.62. The van der Waals surface area contributed by atoms with Crippen LogP contribution in [-0.2, 0) is 24.0 Å². The maximum atomic E-state index is 12.2. The van der Waals surface area contributed by atoms with Crippen molar-refractivity contribution < 1.29 is 39.3 Å². The Morgan fingerprint density at radius 2 is 1.41 bits per heavy atom. The summed E-state index contributed by atoms with van der Waals surface area (Å²) in [6.07, 6.45) is -0.277. The van der Waals surface area contributed by atoms with Crippen molar-refractivity contribution in [3.8, 4) is 0 Å². The van der Waals surface area contributed by atoms with E-state index >= 15 is 0 Å². The standard InChI is InChI=1S/C17H30N4O8/c1-8(2)6-11(17(28)29)20-16(27)12(7-22)21-14(25)9(3)19-15(26)10(18)4-5-13(23)24/h8-12,22H,4-7,18H2,1-3H3,(H,19,26)(H,20,27)(H,21,25)(H,23,24)(H,28,29). The molecule has 0 saturated carbocycles. The number of hydrogen-bond donors (Lipinski definition) is 7. The summed E-state index contributed by atoms with van der Waals surface area (Å²) < 4.78 is 0. The molecule has 3 amide bonds. The zero-order valence-electron chi connectivity index (χ0n) is 16.7. The normalized spacial score (nSPS) is 15.0. The molecule has 0 spiro atoms. The second kappa shape index (κ2) is 12.7. The van der Waals surface area contributed by atoms with E-state index in [9.17, 15) is 29.1 Å². The molecule has 4 unspecified atom stereocenters. The second-order valence-electron chi connectivity index (χ2n) is 7.04. The molecule has 12 heteroatoms. The molecule has 4 atom stereocenters. The van der Waals surface area contributed by atoms with Crippen LogP contribution in [0.15, 0.2) is 0 Å². The first-order chi connectivity index (χ1) is 13.4. The van der Waals surface area contributed by atoms with Gasteiger partial charge in [-0.2, -0.15) is 0 Å². The smallest absolute Gasteiger partial charge is 0.326 e. The number of carbonyl (C=O) groups is 5. The Labute approximate surface area is 168 Å². The molecule has 0 fully saturated rings. The topological polar surface area (TPSA) is 208 Å². The summed E-state index contributed by atoms with van der Waals surface area (Å²) >= 11 is 0. The zero-order valence-corrected chi connectivity index (χ0v) is 16.7. The highest BCUT2D eigenvalue weighted by atomic mass is 16.4. The Morgan fingerprint density at radius 3 is 1.86 bits per heavy atom. The fourth-order valence-corrected chi connectivity index (χ4v) is 2.25. The van der Waals surface area contributed by atoms with Crippen molar-refractivity contribution in [2.24, 2.45) is 11.7 Å². The number of aliphatic hydroxyl groups excluding tert-OH is 1. The zero-order chi connectivity index (χ0) is 22.7. The molecule has 0 aliphatic heterocycles. The van der Waals surface area contributed by atoms with Crippen LogP contribution in [-0.4, -0.2) is 75.8 Å². The Balaban J connectivity index is 4.79. The van der Waals surface area contributed by atoms with Gasteiger partial charge in [-0.25, -0.2) is 4.79 Å². The van der Waals surface area contributed by atoms with Gasteiger partial charge >= 0.3 is 11.9 Å². The van der Waals surface area contributed by atoms with Gasteiger partial charge < -0.3 is 37.0 Å². The van der Waals surface area contributed by atoms with E-state index in [2.05, 4.69) is 16.0 Å². The monoisotopic (exact) mass is 418 g/mol. The molecule has 0 aromatic carbocycles. The van der Waals surface area contributed by atoms with E-state index in [4.69, 9.17) is 15.9 Å². The molecule has 0 rings (SSSR count). The minimum Gasteiger partial charge on any atom is -0.481 e. The molecule has 0 saturated heterocycles. The summed E-state index contributed by atoms with van der Waals surface area (Å²) in [6, 6.07) is -4.87. The summed E-state index contributed by atoms with van der Waals surface area (Å²) in [5.74, 6) is -4.82. The van der Waals surface area contributed by atoms with Crippen LogP contribution < -0.4 is 21.7 Å². The van der Waals surface area contributed by atoms with Crippen LogP contribution in [0.5, 0.6) is 0 Å². The lowest BCUT2D eigenvalue weighted by atomic mass is 10.0. The van der Waals surface area contributed by atoms with Gasteiger partial charge in [0, 0.05) is 6.42 Å². The molecule has 8 N–H and O–H groups in total. The number of carboxylic acid groups (broad SMARTS) is 2. The number of nitrogens with one attached hydrogen (secondary N) is 3. The van der Waals surface area contributed by atoms with E-state index in [1.165, 1.54) is 6.92 Å². The maximum absolute atomic E-state index is 12.2. The van der Waals surface area contributed by atoms with E-state index < -0.39 is 60.4 Å². The molecule has 0 heterocycles. The maximum Gasteiger partial charge on any atom is 0.326 e. The van der Waals surface area contributed by atoms with Crippen molar-refractivity contribution in [1.82, 2.24) is 16.0 Å². The van der Waals surface area contributed by atoms with Gasteiger partial charge in [0.25, 0.3) is 0 Å². The number of rotatable bonds is 13. The van der Waals surface area contributed by atoms with Gasteiger partial charge in [-0.3, -0.25) is 19.2 Å². The molecule has 0 bridgehead atoms. The van der Waals surface area contributed by atoms with Gasteiger partial charge in [-0.1, -0.05) is 13.8 Å². The van der Waals surface area contributed by atoms with Gasteiger partial charge in [0.15, 0.2) is 0 Å². The lowest BCUT2D eigenvalue weighted by Crippen LogP contribution is -2.57. The van der Waals surface area contributed by atoms with E-state index in [-0.39, 0.29) is 25.2 Å². The molecule has 0 radical (unpaired) electrons. The van der Waals surface area contributed by atoms with Crippen molar-refractivity contribution in [2.45, 2.75) is 64.2 Å². The number of aliphatic carboxylic acids is 2. The second-order valence-corrected chi connectivity index (χ2v) is 7.04. The highest BCUT2D eigenvalue weighted by molar-refractivity contribution is 5.94. The highest BCUT2D eigenvalue weighted by Crippen LogP contribution is 2.05. The van der Waals surface area contributed by atoms with E-state index in [0.29, 0.717) is 0 Å². The summed E-state index contributed by atoms with van der Waals surface area (Å²) in [7, 11) is 0. The molecular weight excluding hydrogens is 388 g/mol. The van der Waals surface area contributed by atoms with Crippen molar-refractivity contribution in [3.05, 3.63) is 0 Å². The number of carbonyl (C=O) groups excluding carboxylic acids is 3. The van der Waals surface area contributed by atoms with Crippen LogP contribution in [0.2, 0.25) is 0 Å². The third-order valence-corrected chi connectivity index (χ3v) is 3.90. The largest absolute Gasteiger partial charge is 0.481 e. The summed E-state index contributed by atoms with van der Waals surface area (Å²) in [6.45, 7) is 4.07. The summed E-state index contributed by atoms with van der Waals surface area (Å²) in [4.78, 5) is 58.0. The average molecular weight is 418 g/mol. The predicted molar refractivity (Wildman–Crippen MR) is 100 cm³/mol. The fraction of sp³-hybridized carbons (Fsp3) is 0.706. The molecule has 166 valence electrons. The van der Waals surface area contributed by atoms with E-state index in [1.807, 2.05) is 0 Å². The van der Waals surface area contributed by atoms with Gasteiger partial charge in [0.2, 0.25) is 17.7 Å². The number of nitrogens with two attached hydrogens (primary N) is 1. The highest BCUT2D eigenvalue weighted by Gasteiger charge is 2.28. The van der Waals surface area contributed by atoms with Crippen molar-refractivity contribution in [2.75, 3.05) is 6.61 Å². The van der Waals surface area contributed by atoms with E-state index in [0.717, 1.165) is 0 Å². The third kappa shape index (κ3) is 10.4. The number of amides is 3. The molecule has 29 heavy (non-hydrogen) atoms. The first kappa shape index (κ1) is 26.3. The SMILES string of the molecule is CC(C)CC(NC(=O)C(CO)NC(=O)C(C)NC(=O)C(N)CCC(=O)O)C(=O)O. The Bertz CT molecular complexity index is 610. The minimum absolute atomic E-state index is 0.0147. The molecule has 0 aliphatic carbocycles. The van der Waals surface area contributed by atoms with E-state index in [1.54, 1.807) is 13.8 Å². The predicted octanol–water partition coefficient (Wildman–Crippen LogP) is -2.22. The van der Waals surface area contributed by atoms with Crippen molar-refractivity contribution >= 4 is 29.7 Å². The minimum atomic E-state index is -1.42. The van der Waals surface area contributed by atoms with Crippen LogP contribution in [0, 0.1) is 5.92 Å². The summed E-state index contributed by atoms with van der Waals surface area (Å²) in [5.41, 5.74) is 5.55. The van der Waals surface area contributed by atoms with Crippen molar-refractivity contribution in [3.63, 3.8) is 0 Å². The molecule has 0 aliphatic rings. The summed E-state index contributed by atoms with van der Waals surface area (Å²) in [5, 5.41) is 33.9. The van der Waals surface area contributed by atoms with Crippen LogP contribution in [0.25, 0.3) is 0 Å². The molecule has 12 nitrogen and oxygen atoms in total. The molecule has 0 aromatic heterocycles. The van der Waals surface area contributed by atoms with Crippen LogP contribution in [0.4, 0.5) is 0 Å². The first-order valence-corrected chi connectivity index (χ1v) is 9.11. The lowest BCUT2D eigenvalue weighted by molar-refractivity contribution is -0.143. The first-order valence-electron chi connectivity index (χ1n) is 9.11. The fourth-order valence-electron chi connectivity index (χ4n) is 2.25. The van der Waals surface area contributed by atoms with Gasteiger partial charge in [-0.05, 0) is 25.7 Å². The molecular formula is C17H30N4O8. The van der Waals surface area contributed by atoms with Crippen molar-refractivity contribution in [1.29, 1.82) is 0 Å². The third-order valence-electron chi connectivity index (χ3n) is 3.90. The Kier molecular flexibility index (Phi) is 11.5. The Morgan fingerprint density at radius 1 is 0.862 bits per heavy atom. The van der Waals surface area contributed by atoms with Gasteiger partial charge in [0.1, 0.15) is 18.1 Å². The van der Waals surface area contributed by atoms with Crippen LogP contribution in [0.1, 0.15) is 40.0 Å².